The van der Waals surface area contributed by atoms with Gasteiger partial charge in [0.2, 0.25) is 5.91 Å². The molecule has 1 atom stereocenters. The van der Waals surface area contributed by atoms with Crippen LogP contribution in [0.3, 0.4) is 0 Å². The number of carbonyl (C=O) groups is 2. The van der Waals surface area contributed by atoms with Crippen molar-refractivity contribution in [1.29, 1.82) is 5.26 Å². The number of nitriles is 1. The summed E-state index contributed by atoms with van der Waals surface area (Å²) in [4.78, 5) is 27.6. The van der Waals surface area contributed by atoms with Crippen molar-refractivity contribution in [3.8, 4) is 6.07 Å². The lowest BCUT2D eigenvalue weighted by atomic mass is 10.1. The average molecular weight is 530 g/mol. The topological polar surface area (TPSA) is 73.2 Å². The van der Waals surface area contributed by atoms with Gasteiger partial charge in [-0.2, -0.15) is 5.26 Å². The average Bonchev–Trinajstić information content (AvgIpc) is 3.14. The monoisotopic (exact) mass is 529 g/mol. The molecule has 5 nitrogen and oxygen atoms in total. The van der Waals surface area contributed by atoms with Gasteiger partial charge >= 0.3 is 0 Å². The molecule has 0 aliphatic carbocycles. The molecule has 3 aromatic rings. The van der Waals surface area contributed by atoms with Gasteiger partial charge in [-0.25, -0.2) is 8.78 Å². The van der Waals surface area contributed by atoms with Gasteiger partial charge in [0.1, 0.15) is 28.3 Å². The summed E-state index contributed by atoms with van der Waals surface area (Å²) in [7, 11) is 0. The maximum Gasteiger partial charge on any atom is 0.269 e. The first-order valence-electron chi connectivity index (χ1n) is 10.2. The van der Waals surface area contributed by atoms with Crippen LogP contribution < -0.4 is 10.2 Å². The Morgan fingerprint density at radius 3 is 2.23 bits per heavy atom. The van der Waals surface area contributed by atoms with Crippen molar-refractivity contribution in [2.45, 2.75) is 11.7 Å². The molecule has 1 aliphatic heterocycles. The van der Waals surface area contributed by atoms with Gasteiger partial charge in [-0.15, -0.1) is 0 Å². The Labute approximate surface area is 213 Å². The zero-order valence-corrected chi connectivity index (χ0v) is 20.1. The molecule has 1 fully saturated rings. The number of hydrogen-bond acceptors (Lipinski definition) is 4. The molecule has 4 rings (SSSR count). The zero-order valence-electron chi connectivity index (χ0n) is 17.8. The van der Waals surface area contributed by atoms with Gasteiger partial charge < -0.3 is 5.32 Å². The van der Waals surface area contributed by atoms with Gasteiger partial charge in [0.25, 0.3) is 5.91 Å². The molecular weight excluding hydrogens is 515 g/mol. The summed E-state index contributed by atoms with van der Waals surface area (Å²) < 4.78 is 26.7. The number of nitrogens with zero attached hydrogens (tertiary/aromatic N) is 2. The Kier molecular flexibility index (Phi) is 7.41. The zero-order chi connectivity index (χ0) is 25.1. The quantitative estimate of drug-likeness (QED) is 0.309. The fourth-order valence-electron chi connectivity index (χ4n) is 3.42. The molecule has 0 saturated carbocycles. The van der Waals surface area contributed by atoms with Crippen LogP contribution >= 0.6 is 35.0 Å². The first-order chi connectivity index (χ1) is 16.8. The normalized spacial score (nSPS) is 16.7. The van der Waals surface area contributed by atoms with E-state index >= 15 is 0 Å². The lowest BCUT2D eigenvalue weighted by Gasteiger charge is -2.18. The van der Waals surface area contributed by atoms with Crippen molar-refractivity contribution in [3.05, 3.63) is 105 Å². The van der Waals surface area contributed by atoms with Crippen molar-refractivity contribution >= 4 is 58.2 Å². The number of halogens is 4. The molecule has 0 unspecified atom stereocenters. The molecule has 0 aromatic heterocycles. The highest BCUT2D eigenvalue weighted by atomic mass is 35.5. The first-order valence-corrected chi connectivity index (χ1v) is 11.8. The van der Waals surface area contributed by atoms with E-state index in [2.05, 4.69) is 5.32 Å². The summed E-state index contributed by atoms with van der Waals surface area (Å²) in [5.74, 6) is -2.13. The molecule has 0 radical (unpaired) electrons. The Balaban J connectivity index is 1.72. The van der Waals surface area contributed by atoms with Crippen LogP contribution in [-0.4, -0.2) is 17.1 Å². The van der Waals surface area contributed by atoms with E-state index in [9.17, 15) is 23.6 Å². The lowest BCUT2D eigenvalue weighted by Crippen LogP contribution is -2.31. The smallest absolute Gasteiger partial charge is 0.269 e. The van der Waals surface area contributed by atoms with Crippen LogP contribution in [-0.2, 0) is 16.0 Å². The summed E-state index contributed by atoms with van der Waals surface area (Å²) in [5.41, 5.74) is 1.01. The van der Waals surface area contributed by atoms with Crippen LogP contribution in [0.1, 0.15) is 5.56 Å². The maximum absolute atomic E-state index is 13.5. The van der Waals surface area contributed by atoms with E-state index in [1.165, 1.54) is 53.4 Å². The molecule has 10 heteroatoms. The maximum atomic E-state index is 13.5. The Hall–Kier alpha value is -3.38. The van der Waals surface area contributed by atoms with E-state index in [0.717, 1.165) is 17.3 Å². The second-order valence-electron chi connectivity index (χ2n) is 7.46. The highest BCUT2D eigenvalue weighted by molar-refractivity contribution is 8.05. The molecule has 0 spiro atoms. The minimum Gasteiger partial charge on any atom is -0.321 e. The second kappa shape index (κ2) is 10.5. The van der Waals surface area contributed by atoms with Gasteiger partial charge in [-0.3, -0.25) is 14.5 Å². The van der Waals surface area contributed by atoms with Gasteiger partial charge in [0, 0.05) is 11.4 Å². The standard InChI is InChI=1S/C25H15Cl2F2N3O2S/c26-20-10-1-14(11-21(20)27)12-22-24(34)32(18-8-4-16(29)5-9-18)25(35-22)19(13-30)23(33)31-17-6-2-15(28)3-7-17/h1-11,22H,12H2,(H,31,33)/b25-19-/t22-/m1/s1. The number of nitrogens with one attached hydrogen (secondary N) is 1. The van der Waals surface area contributed by atoms with Crippen molar-refractivity contribution < 1.29 is 18.4 Å². The van der Waals surface area contributed by atoms with Crippen LogP contribution in [0.4, 0.5) is 20.2 Å². The molecule has 2 amide bonds. The minimum absolute atomic E-state index is 0.105. The molecule has 1 heterocycles. The molecular formula is C25H15Cl2F2N3O2S. The van der Waals surface area contributed by atoms with Crippen LogP contribution in [0, 0.1) is 23.0 Å². The van der Waals surface area contributed by atoms with Crippen LogP contribution in [0.5, 0.6) is 0 Å². The summed E-state index contributed by atoms with van der Waals surface area (Å²) in [6, 6.07) is 17.1. The van der Waals surface area contributed by atoms with Crippen LogP contribution in [0.25, 0.3) is 0 Å². The Morgan fingerprint density at radius 1 is 1.00 bits per heavy atom. The van der Waals surface area contributed by atoms with Gasteiger partial charge in [-0.1, -0.05) is 41.0 Å². The van der Waals surface area contributed by atoms with Crippen molar-refractivity contribution in [1.82, 2.24) is 0 Å². The first kappa shape index (κ1) is 24.7. The molecule has 0 bridgehead atoms. The third kappa shape index (κ3) is 5.49. The number of rotatable bonds is 5. The Bertz CT molecular complexity index is 1370. The third-order valence-electron chi connectivity index (χ3n) is 5.10. The van der Waals surface area contributed by atoms with Crippen LogP contribution in [0.2, 0.25) is 10.0 Å². The number of benzene rings is 3. The largest absolute Gasteiger partial charge is 0.321 e. The fourth-order valence-corrected chi connectivity index (χ4v) is 5.05. The van der Waals surface area contributed by atoms with Crippen molar-refractivity contribution in [2.75, 3.05) is 10.2 Å². The van der Waals surface area contributed by atoms with E-state index in [0.29, 0.717) is 15.7 Å². The highest BCUT2D eigenvalue weighted by Gasteiger charge is 2.41. The SMILES string of the molecule is N#C/C(C(=O)Nc1ccc(F)cc1)=C1/S[C@H](Cc2ccc(Cl)c(Cl)c2)C(=O)N1c1ccc(F)cc1. The number of carbonyl (C=O) groups excluding carboxylic acids is 2. The summed E-state index contributed by atoms with van der Waals surface area (Å²) in [5, 5.41) is 12.5. The molecule has 1 N–H and O–H groups in total. The molecule has 3 aromatic carbocycles. The highest BCUT2D eigenvalue weighted by Crippen LogP contribution is 2.42. The molecule has 35 heavy (non-hydrogen) atoms. The predicted molar refractivity (Wildman–Crippen MR) is 133 cm³/mol. The number of thioether (sulfide) groups is 1. The fraction of sp³-hybridized carbons (Fsp3) is 0.0800. The van der Waals surface area contributed by atoms with Gasteiger partial charge in [0.15, 0.2) is 0 Å². The lowest BCUT2D eigenvalue weighted by molar-refractivity contribution is -0.117. The van der Waals surface area contributed by atoms with E-state index in [4.69, 9.17) is 23.2 Å². The Morgan fingerprint density at radius 2 is 1.63 bits per heavy atom. The van der Waals surface area contributed by atoms with E-state index in [1.54, 1.807) is 18.2 Å². The molecule has 1 saturated heterocycles. The third-order valence-corrected chi connectivity index (χ3v) is 7.10. The van der Waals surface area contributed by atoms with Gasteiger partial charge in [-0.05, 0) is 72.6 Å². The van der Waals surface area contributed by atoms with E-state index < -0.39 is 22.8 Å². The number of anilines is 2. The van der Waals surface area contributed by atoms with Gasteiger partial charge in [0.05, 0.1) is 15.3 Å². The van der Waals surface area contributed by atoms with Crippen LogP contribution in [0.15, 0.2) is 77.3 Å². The van der Waals surface area contributed by atoms with Crippen molar-refractivity contribution in [2.24, 2.45) is 0 Å². The summed E-state index contributed by atoms with van der Waals surface area (Å²) in [6.45, 7) is 0. The minimum atomic E-state index is -0.767. The summed E-state index contributed by atoms with van der Waals surface area (Å²) in [6.07, 6.45) is 0.250. The number of amides is 2. The summed E-state index contributed by atoms with van der Waals surface area (Å²) >= 11 is 13.1. The second-order valence-corrected chi connectivity index (χ2v) is 9.47. The van der Waals surface area contributed by atoms with E-state index in [-0.39, 0.29) is 28.6 Å². The molecule has 176 valence electrons. The van der Waals surface area contributed by atoms with Crippen molar-refractivity contribution in [3.63, 3.8) is 0 Å². The number of hydrogen-bond donors (Lipinski definition) is 1. The predicted octanol–water partition coefficient (Wildman–Crippen LogP) is 6.34. The molecule has 1 aliphatic rings. The van der Waals surface area contributed by atoms with E-state index in [1.807, 2.05) is 6.07 Å².